The Morgan fingerprint density at radius 3 is 2.55 bits per heavy atom. The molecule has 0 spiro atoms. The van der Waals surface area contributed by atoms with Crippen LogP contribution in [0.1, 0.15) is 28.9 Å². The van der Waals surface area contributed by atoms with Gasteiger partial charge in [0.15, 0.2) is 0 Å². The van der Waals surface area contributed by atoms with Crippen molar-refractivity contribution < 1.29 is 23.1 Å². The van der Waals surface area contributed by atoms with Gasteiger partial charge in [-0.3, -0.25) is 9.59 Å². The maximum atomic E-state index is 13.5. The zero-order chi connectivity index (χ0) is 23.9. The van der Waals surface area contributed by atoms with Crippen molar-refractivity contribution in [2.75, 3.05) is 5.32 Å². The maximum Gasteiger partial charge on any atom is 0.303 e. The molecule has 4 rings (SSSR count). The number of hydrogen-bond acceptors (Lipinski definition) is 4. The molecule has 0 saturated heterocycles. The highest BCUT2D eigenvalue weighted by Crippen LogP contribution is 2.37. The smallest absolute Gasteiger partial charge is 0.303 e. The zero-order valence-electron chi connectivity index (χ0n) is 17.3. The SMILES string of the molecule is Cc1[nH]c(C=C2C(=O)Nc3cc(Br)ccc32)c(CCC(=O)O)c1S(=O)(=O)c1ccc(Cl)cc1. The van der Waals surface area contributed by atoms with Crippen LogP contribution < -0.4 is 5.32 Å². The lowest BCUT2D eigenvalue weighted by molar-refractivity contribution is -0.137. The van der Waals surface area contributed by atoms with Gasteiger partial charge in [0.1, 0.15) is 0 Å². The third-order valence-electron chi connectivity index (χ3n) is 5.30. The van der Waals surface area contributed by atoms with E-state index in [0.717, 1.165) is 4.47 Å². The van der Waals surface area contributed by atoms with Crippen molar-refractivity contribution in [3.05, 3.63) is 74.5 Å². The second-order valence-corrected chi connectivity index (χ2v) is 10.8. The predicted molar refractivity (Wildman–Crippen MR) is 129 cm³/mol. The standard InChI is InChI=1S/C23H18BrClN2O5S/c1-12-22(33(31,32)15-5-3-14(25)4-6-15)17(8-9-21(28)29)20(26-12)11-18-16-7-2-13(24)10-19(16)27-23(18)30/h2-7,10-11,26H,8-9H2,1H3,(H,27,30)(H,28,29). The van der Waals surface area contributed by atoms with Gasteiger partial charge in [0, 0.05) is 32.9 Å². The fourth-order valence-corrected chi connectivity index (χ4v) is 6.04. The van der Waals surface area contributed by atoms with Gasteiger partial charge in [0.2, 0.25) is 9.84 Å². The van der Waals surface area contributed by atoms with Crippen LogP contribution in [0.5, 0.6) is 0 Å². The van der Waals surface area contributed by atoms with Crippen molar-refractivity contribution in [1.29, 1.82) is 0 Å². The molecule has 170 valence electrons. The van der Waals surface area contributed by atoms with Crippen molar-refractivity contribution in [3.8, 4) is 0 Å². The van der Waals surface area contributed by atoms with Crippen molar-refractivity contribution in [2.24, 2.45) is 0 Å². The quantitative estimate of drug-likeness (QED) is 0.371. The van der Waals surface area contributed by atoms with E-state index in [4.69, 9.17) is 11.6 Å². The molecule has 0 bridgehead atoms. The number of aliphatic carboxylic acids is 1. The summed E-state index contributed by atoms with van der Waals surface area (Å²) in [4.78, 5) is 27.0. The normalized spacial score (nSPS) is 14.4. The molecule has 0 atom stereocenters. The molecular weight excluding hydrogens is 532 g/mol. The Kier molecular flexibility index (Phi) is 6.22. The molecule has 1 amide bonds. The summed E-state index contributed by atoms with van der Waals surface area (Å²) in [5, 5.41) is 12.4. The molecule has 0 unspecified atom stereocenters. The molecule has 0 radical (unpaired) electrons. The second-order valence-electron chi connectivity index (χ2n) is 7.52. The van der Waals surface area contributed by atoms with Gasteiger partial charge in [-0.2, -0.15) is 0 Å². The molecule has 1 aromatic heterocycles. The van der Waals surface area contributed by atoms with Crippen LogP contribution in [0.3, 0.4) is 0 Å². The van der Waals surface area contributed by atoms with Crippen LogP contribution in [0.15, 0.2) is 56.7 Å². The Labute approximate surface area is 203 Å². The summed E-state index contributed by atoms with van der Waals surface area (Å²) in [7, 11) is -3.98. The summed E-state index contributed by atoms with van der Waals surface area (Å²) in [5.74, 6) is -1.39. The molecule has 3 N–H and O–H groups in total. The molecule has 0 aliphatic carbocycles. The number of carbonyl (C=O) groups excluding carboxylic acids is 1. The third kappa shape index (κ3) is 4.48. The first kappa shape index (κ1) is 23.3. The summed E-state index contributed by atoms with van der Waals surface area (Å²) in [6.07, 6.45) is 1.27. The van der Waals surface area contributed by atoms with Gasteiger partial charge in [-0.15, -0.1) is 0 Å². The molecular formula is C23H18BrClN2O5S. The number of amides is 1. The summed E-state index contributed by atoms with van der Waals surface area (Å²) < 4.78 is 27.7. The number of carboxylic acid groups (broad SMARTS) is 1. The number of halogens is 2. The zero-order valence-corrected chi connectivity index (χ0v) is 20.4. The average molecular weight is 550 g/mol. The number of nitrogens with one attached hydrogen (secondary N) is 2. The van der Waals surface area contributed by atoms with Gasteiger partial charge >= 0.3 is 5.97 Å². The minimum atomic E-state index is -3.98. The van der Waals surface area contributed by atoms with E-state index in [-0.39, 0.29) is 28.5 Å². The monoisotopic (exact) mass is 548 g/mol. The third-order valence-corrected chi connectivity index (χ3v) is 8.02. The largest absolute Gasteiger partial charge is 0.481 e. The minimum absolute atomic E-state index is 0.00681. The number of H-pyrrole nitrogens is 1. The van der Waals surface area contributed by atoms with Gasteiger partial charge in [-0.25, -0.2) is 8.42 Å². The lowest BCUT2D eigenvalue weighted by Gasteiger charge is -2.08. The van der Waals surface area contributed by atoms with Crippen molar-refractivity contribution >= 4 is 66.6 Å². The van der Waals surface area contributed by atoms with Crippen LogP contribution in [-0.4, -0.2) is 30.4 Å². The maximum absolute atomic E-state index is 13.5. The lowest BCUT2D eigenvalue weighted by atomic mass is 10.0. The molecule has 7 nitrogen and oxygen atoms in total. The first-order valence-corrected chi connectivity index (χ1v) is 12.5. The Hall–Kier alpha value is -2.88. The average Bonchev–Trinajstić information content (AvgIpc) is 3.22. The summed E-state index contributed by atoms with van der Waals surface area (Å²) >= 11 is 9.28. The Morgan fingerprint density at radius 1 is 1.18 bits per heavy atom. The lowest BCUT2D eigenvalue weighted by Crippen LogP contribution is -2.08. The molecule has 2 heterocycles. The molecule has 3 aromatic rings. The number of fused-ring (bicyclic) bond motifs is 1. The fraction of sp³-hybridized carbons (Fsp3) is 0.130. The fourth-order valence-electron chi connectivity index (χ4n) is 3.84. The van der Waals surface area contributed by atoms with Gasteiger partial charge in [-0.05, 0) is 61.4 Å². The Bertz CT molecular complexity index is 1430. The van der Waals surface area contributed by atoms with Crippen LogP contribution in [0, 0.1) is 6.92 Å². The number of carboxylic acids is 1. The first-order chi connectivity index (χ1) is 15.6. The van der Waals surface area contributed by atoms with E-state index in [0.29, 0.717) is 38.8 Å². The van der Waals surface area contributed by atoms with Gasteiger partial charge in [0.05, 0.1) is 21.1 Å². The van der Waals surface area contributed by atoms with Gasteiger partial charge in [-0.1, -0.05) is 33.6 Å². The molecule has 2 aromatic carbocycles. The van der Waals surface area contributed by atoms with E-state index in [1.165, 1.54) is 24.3 Å². The number of benzene rings is 2. The molecule has 0 saturated carbocycles. The number of carbonyl (C=O) groups is 2. The topological polar surface area (TPSA) is 116 Å². The number of anilines is 1. The van der Waals surface area contributed by atoms with Crippen LogP contribution in [0.2, 0.25) is 5.02 Å². The van der Waals surface area contributed by atoms with Crippen LogP contribution in [0.25, 0.3) is 11.6 Å². The number of aromatic nitrogens is 1. The highest BCUT2D eigenvalue weighted by Gasteiger charge is 2.30. The van der Waals surface area contributed by atoms with Crippen LogP contribution in [0.4, 0.5) is 5.69 Å². The van der Waals surface area contributed by atoms with E-state index in [1.54, 1.807) is 31.2 Å². The first-order valence-electron chi connectivity index (χ1n) is 9.85. The second kappa shape index (κ2) is 8.81. The summed E-state index contributed by atoms with van der Waals surface area (Å²) in [6.45, 7) is 1.61. The van der Waals surface area contributed by atoms with Crippen molar-refractivity contribution in [2.45, 2.75) is 29.6 Å². The highest BCUT2D eigenvalue weighted by atomic mass is 79.9. The molecule has 1 aliphatic rings. The number of aryl methyl sites for hydroxylation is 1. The highest BCUT2D eigenvalue weighted by molar-refractivity contribution is 9.10. The molecule has 0 fully saturated rings. The molecule has 1 aliphatic heterocycles. The van der Waals surface area contributed by atoms with E-state index >= 15 is 0 Å². The Balaban J connectivity index is 1.89. The van der Waals surface area contributed by atoms with Gasteiger partial charge in [0.25, 0.3) is 5.91 Å². The predicted octanol–water partition coefficient (Wildman–Crippen LogP) is 5.08. The van der Waals surface area contributed by atoms with E-state index < -0.39 is 15.8 Å². The van der Waals surface area contributed by atoms with Crippen LogP contribution >= 0.6 is 27.5 Å². The number of hydrogen-bond donors (Lipinski definition) is 3. The van der Waals surface area contributed by atoms with Crippen LogP contribution in [-0.2, 0) is 25.8 Å². The Morgan fingerprint density at radius 2 is 1.88 bits per heavy atom. The van der Waals surface area contributed by atoms with Crippen molar-refractivity contribution in [1.82, 2.24) is 4.98 Å². The van der Waals surface area contributed by atoms with E-state index in [9.17, 15) is 23.1 Å². The number of sulfone groups is 1. The van der Waals surface area contributed by atoms with E-state index in [2.05, 4.69) is 26.2 Å². The molecule has 10 heteroatoms. The summed E-state index contributed by atoms with van der Waals surface area (Å²) in [6, 6.07) is 11.1. The summed E-state index contributed by atoms with van der Waals surface area (Å²) in [5.41, 5.74) is 2.70. The number of rotatable bonds is 6. The number of aromatic amines is 1. The van der Waals surface area contributed by atoms with Crippen molar-refractivity contribution in [3.63, 3.8) is 0 Å². The van der Waals surface area contributed by atoms with Gasteiger partial charge < -0.3 is 15.4 Å². The van der Waals surface area contributed by atoms with E-state index in [1.807, 2.05) is 0 Å². The molecule has 33 heavy (non-hydrogen) atoms. The minimum Gasteiger partial charge on any atom is -0.481 e.